The van der Waals surface area contributed by atoms with Gasteiger partial charge in [-0.2, -0.15) is 0 Å². The van der Waals surface area contributed by atoms with Gasteiger partial charge in [0.05, 0.1) is 25.3 Å². The van der Waals surface area contributed by atoms with Crippen molar-refractivity contribution in [1.29, 1.82) is 0 Å². The lowest BCUT2D eigenvalue weighted by molar-refractivity contribution is 0.196. The zero-order valence-corrected chi connectivity index (χ0v) is 16.2. The van der Waals surface area contributed by atoms with Crippen LogP contribution in [-0.4, -0.2) is 35.4 Å². The normalized spacial score (nSPS) is 12.0. The first kappa shape index (κ1) is 18.4. The van der Waals surface area contributed by atoms with Crippen LogP contribution in [0.1, 0.15) is 18.5 Å². The molecule has 0 fully saturated rings. The predicted octanol–water partition coefficient (Wildman–Crippen LogP) is 3.95. The number of nitrogens with one attached hydrogen (secondary N) is 1. The zero-order valence-electron chi connectivity index (χ0n) is 14.6. The lowest BCUT2D eigenvalue weighted by Crippen LogP contribution is -2.09. The number of halogens is 1. The van der Waals surface area contributed by atoms with Crippen molar-refractivity contribution in [3.05, 3.63) is 52.8 Å². The van der Waals surface area contributed by atoms with Gasteiger partial charge in [-0.3, -0.25) is 0 Å². The zero-order chi connectivity index (χ0) is 18.5. The summed E-state index contributed by atoms with van der Waals surface area (Å²) in [5, 5.41) is 13.3. The third kappa shape index (κ3) is 4.05. The van der Waals surface area contributed by atoms with Crippen molar-refractivity contribution in [2.45, 2.75) is 13.0 Å². The van der Waals surface area contributed by atoms with Gasteiger partial charge >= 0.3 is 0 Å². The maximum Gasteiger partial charge on any atom is 0.161 e. The molecule has 0 amide bonds. The van der Waals surface area contributed by atoms with Crippen LogP contribution in [0.2, 0.25) is 0 Å². The van der Waals surface area contributed by atoms with Gasteiger partial charge < -0.3 is 19.9 Å². The van der Waals surface area contributed by atoms with Crippen molar-refractivity contribution < 1.29 is 14.6 Å². The Morgan fingerprint density at radius 3 is 2.77 bits per heavy atom. The molecule has 1 unspecified atom stereocenters. The van der Waals surface area contributed by atoms with Gasteiger partial charge in [-0.05, 0) is 42.8 Å². The van der Waals surface area contributed by atoms with E-state index in [4.69, 9.17) is 14.6 Å². The molecule has 26 heavy (non-hydrogen) atoms. The highest BCUT2D eigenvalue weighted by atomic mass is 79.9. The van der Waals surface area contributed by atoms with Gasteiger partial charge in [0.15, 0.2) is 11.5 Å². The number of hydrogen-bond acceptors (Lipinski definition) is 6. The molecule has 1 heterocycles. The number of nitrogens with zero attached hydrogens (tertiary/aromatic N) is 2. The first-order chi connectivity index (χ1) is 12.6. The minimum atomic E-state index is -0.0425. The van der Waals surface area contributed by atoms with Crippen LogP contribution in [0, 0.1) is 0 Å². The average Bonchev–Trinajstić information content (AvgIpc) is 2.66. The summed E-state index contributed by atoms with van der Waals surface area (Å²) in [6.07, 6.45) is 1.55. The van der Waals surface area contributed by atoms with Crippen LogP contribution < -0.4 is 14.8 Å². The quantitative estimate of drug-likeness (QED) is 0.605. The van der Waals surface area contributed by atoms with Crippen molar-refractivity contribution in [2.75, 3.05) is 25.6 Å². The van der Waals surface area contributed by atoms with E-state index in [1.165, 1.54) is 0 Å². The van der Waals surface area contributed by atoms with Gasteiger partial charge in [0.25, 0.3) is 0 Å². The predicted molar refractivity (Wildman–Crippen MR) is 105 cm³/mol. The molecule has 7 heteroatoms. The van der Waals surface area contributed by atoms with Crippen LogP contribution in [0.3, 0.4) is 0 Å². The maximum absolute atomic E-state index is 8.91. The smallest absolute Gasteiger partial charge is 0.161 e. The monoisotopic (exact) mass is 417 g/mol. The Labute approximate surface area is 160 Å². The third-order valence-electron chi connectivity index (χ3n) is 3.99. The van der Waals surface area contributed by atoms with Crippen molar-refractivity contribution >= 4 is 32.7 Å². The molecule has 0 spiro atoms. The van der Waals surface area contributed by atoms with Crippen molar-refractivity contribution in [3.63, 3.8) is 0 Å². The second-order valence-electron chi connectivity index (χ2n) is 5.73. The topological polar surface area (TPSA) is 76.5 Å². The average molecular weight is 418 g/mol. The molecule has 0 radical (unpaired) electrons. The third-order valence-corrected chi connectivity index (χ3v) is 4.48. The molecule has 2 N–H and O–H groups in total. The Kier molecular flexibility index (Phi) is 5.90. The van der Waals surface area contributed by atoms with Crippen LogP contribution in [0.5, 0.6) is 11.5 Å². The molecular weight excluding hydrogens is 398 g/mol. The van der Waals surface area contributed by atoms with E-state index in [-0.39, 0.29) is 19.3 Å². The van der Waals surface area contributed by atoms with Crippen LogP contribution in [-0.2, 0) is 0 Å². The number of anilines is 1. The molecule has 6 nitrogen and oxygen atoms in total. The summed E-state index contributed by atoms with van der Waals surface area (Å²) in [7, 11) is 1.60. The van der Waals surface area contributed by atoms with Gasteiger partial charge in [0.1, 0.15) is 18.8 Å². The molecule has 0 aliphatic rings. The van der Waals surface area contributed by atoms with Gasteiger partial charge in [-0.1, -0.05) is 22.0 Å². The summed E-state index contributed by atoms with van der Waals surface area (Å²) in [5.74, 6) is 2.00. The molecule has 0 aliphatic heterocycles. The standard InChI is InChI=1S/C19H20BrN3O3/c1-12(13-3-6-17(26-8-7-24)18(9-13)25-2)23-19-15-10-14(20)4-5-16(15)21-11-22-19/h3-6,9-12,24H,7-8H2,1-2H3,(H,21,22,23). The van der Waals surface area contributed by atoms with E-state index in [0.29, 0.717) is 11.5 Å². The summed E-state index contributed by atoms with van der Waals surface area (Å²) < 4.78 is 11.9. The lowest BCUT2D eigenvalue weighted by Gasteiger charge is -2.18. The highest BCUT2D eigenvalue weighted by Crippen LogP contribution is 2.32. The fraction of sp³-hybridized carbons (Fsp3) is 0.263. The van der Waals surface area contributed by atoms with Gasteiger partial charge in [-0.15, -0.1) is 0 Å². The molecule has 0 bridgehead atoms. The molecule has 2 aromatic carbocycles. The molecule has 1 atom stereocenters. The first-order valence-electron chi connectivity index (χ1n) is 8.20. The fourth-order valence-electron chi connectivity index (χ4n) is 2.66. The molecule has 0 aliphatic carbocycles. The number of benzene rings is 2. The van der Waals surface area contributed by atoms with Crippen molar-refractivity contribution in [2.24, 2.45) is 0 Å². The Morgan fingerprint density at radius 2 is 2.00 bits per heavy atom. The van der Waals surface area contributed by atoms with E-state index in [1.807, 2.05) is 36.4 Å². The van der Waals surface area contributed by atoms with E-state index >= 15 is 0 Å². The largest absolute Gasteiger partial charge is 0.493 e. The summed E-state index contributed by atoms with van der Waals surface area (Å²) in [6.45, 7) is 2.24. The van der Waals surface area contributed by atoms with Crippen LogP contribution in [0.4, 0.5) is 5.82 Å². The fourth-order valence-corrected chi connectivity index (χ4v) is 3.02. The number of ether oxygens (including phenoxy) is 2. The lowest BCUT2D eigenvalue weighted by atomic mass is 10.1. The molecule has 0 saturated heterocycles. The maximum atomic E-state index is 8.91. The number of methoxy groups -OCH3 is 1. The second-order valence-corrected chi connectivity index (χ2v) is 6.65. The molecule has 3 rings (SSSR count). The number of hydrogen-bond donors (Lipinski definition) is 2. The number of aromatic nitrogens is 2. The number of aliphatic hydroxyl groups is 1. The van der Waals surface area contributed by atoms with E-state index < -0.39 is 0 Å². The molecular formula is C19H20BrN3O3. The molecule has 0 saturated carbocycles. The summed E-state index contributed by atoms with van der Waals surface area (Å²) in [5.41, 5.74) is 1.91. The van der Waals surface area contributed by atoms with Crippen molar-refractivity contribution in [3.8, 4) is 11.5 Å². The summed E-state index contributed by atoms with van der Waals surface area (Å²) >= 11 is 3.49. The summed E-state index contributed by atoms with van der Waals surface area (Å²) in [6, 6.07) is 11.6. The van der Waals surface area contributed by atoms with E-state index in [2.05, 4.69) is 38.1 Å². The minimum absolute atomic E-state index is 0.00660. The Balaban J connectivity index is 1.86. The molecule has 136 valence electrons. The van der Waals surface area contributed by atoms with Crippen LogP contribution in [0.15, 0.2) is 47.2 Å². The highest BCUT2D eigenvalue weighted by molar-refractivity contribution is 9.10. The molecule has 1 aromatic heterocycles. The number of rotatable bonds is 7. The van der Waals surface area contributed by atoms with Crippen molar-refractivity contribution in [1.82, 2.24) is 9.97 Å². The number of fused-ring (bicyclic) bond motifs is 1. The Morgan fingerprint density at radius 1 is 1.15 bits per heavy atom. The molecule has 3 aromatic rings. The number of aliphatic hydroxyl groups excluding tert-OH is 1. The summed E-state index contributed by atoms with van der Waals surface area (Å²) in [4.78, 5) is 8.69. The first-order valence-corrected chi connectivity index (χ1v) is 9.00. The van der Waals surface area contributed by atoms with Gasteiger partial charge in [0.2, 0.25) is 0 Å². The van der Waals surface area contributed by atoms with E-state index in [1.54, 1.807) is 13.4 Å². The second kappa shape index (κ2) is 8.33. The Hall–Kier alpha value is -2.38. The van der Waals surface area contributed by atoms with E-state index in [9.17, 15) is 0 Å². The SMILES string of the molecule is COc1cc(C(C)Nc2ncnc3ccc(Br)cc23)ccc1OCCO. The Bertz CT molecular complexity index is 904. The van der Waals surface area contributed by atoms with Crippen LogP contribution in [0.25, 0.3) is 10.9 Å². The van der Waals surface area contributed by atoms with E-state index in [0.717, 1.165) is 26.8 Å². The van der Waals surface area contributed by atoms with Gasteiger partial charge in [0, 0.05) is 9.86 Å². The minimum Gasteiger partial charge on any atom is -0.493 e. The van der Waals surface area contributed by atoms with Crippen LogP contribution >= 0.6 is 15.9 Å². The van der Waals surface area contributed by atoms with Gasteiger partial charge in [-0.25, -0.2) is 9.97 Å². The highest BCUT2D eigenvalue weighted by Gasteiger charge is 2.13.